The van der Waals surface area contributed by atoms with Crippen molar-refractivity contribution in [3.63, 3.8) is 0 Å². The van der Waals surface area contributed by atoms with E-state index in [0.717, 1.165) is 19.5 Å². The summed E-state index contributed by atoms with van der Waals surface area (Å²) in [7, 11) is 0. The van der Waals surface area contributed by atoms with Gasteiger partial charge in [0.1, 0.15) is 0 Å². The van der Waals surface area contributed by atoms with Gasteiger partial charge in [-0.25, -0.2) is 0 Å². The molecule has 2 N–H and O–H groups in total. The Labute approximate surface area is 127 Å². The molecule has 1 atom stereocenters. The molecule has 3 rings (SSSR count). The van der Waals surface area contributed by atoms with Crippen molar-refractivity contribution in [2.45, 2.75) is 38.8 Å². The van der Waals surface area contributed by atoms with Gasteiger partial charge in [-0.1, -0.05) is 42.5 Å². The van der Waals surface area contributed by atoms with Crippen LogP contribution >= 0.6 is 0 Å². The summed E-state index contributed by atoms with van der Waals surface area (Å²) in [6.07, 6.45) is 3.40. The lowest BCUT2D eigenvalue weighted by Crippen LogP contribution is -2.36. The van der Waals surface area contributed by atoms with Gasteiger partial charge in [0.15, 0.2) is 0 Å². The molecule has 1 unspecified atom stereocenters. The normalized spacial score (nSPS) is 17.6. The summed E-state index contributed by atoms with van der Waals surface area (Å²) in [6.45, 7) is 4.04. The van der Waals surface area contributed by atoms with Crippen LogP contribution in [0.25, 0.3) is 0 Å². The Balaban J connectivity index is 1.80. The Kier molecular flexibility index (Phi) is 4.26. The molecule has 0 saturated carbocycles. The first-order valence-electron chi connectivity index (χ1n) is 7.90. The Morgan fingerprint density at radius 3 is 2.52 bits per heavy atom. The van der Waals surface area contributed by atoms with Gasteiger partial charge in [0.25, 0.3) is 0 Å². The highest BCUT2D eigenvalue weighted by Crippen LogP contribution is 2.31. The number of hydrogen-bond acceptors (Lipinski definition) is 2. The predicted octanol–water partition coefficient (Wildman–Crippen LogP) is 3.53. The SMILES string of the molecule is CC1CCc2ccccc2N1Cc1ccc(CCN)cc1. The smallest absolute Gasteiger partial charge is 0.0432 e. The topological polar surface area (TPSA) is 29.3 Å². The number of aryl methyl sites for hydroxylation is 1. The number of nitrogens with zero attached hydrogens (tertiary/aromatic N) is 1. The van der Waals surface area contributed by atoms with Gasteiger partial charge >= 0.3 is 0 Å². The Morgan fingerprint density at radius 2 is 1.76 bits per heavy atom. The zero-order valence-corrected chi connectivity index (χ0v) is 12.8. The minimum Gasteiger partial charge on any atom is -0.364 e. The van der Waals surface area contributed by atoms with E-state index in [9.17, 15) is 0 Å². The molecule has 0 saturated heterocycles. The first-order valence-corrected chi connectivity index (χ1v) is 7.90. The van der Waals surface area contributed by atoms with E-state index in [4.69, 9.17) is 5.73 Å². The number of nitrogens with two attached hydrogens (primary N) is 1. The summed E-state index contributed by atoms with van der Waals surface area (Å²) in [4.78, 5) is 2.54. The van der Waals surface area contributed by atoms with E-state index >= 15 is 0 Å². The van der Waals surface area contributed by atoms with E-state index in [0.29, 0.717) is 6.04 Å². The second kappa shape index (κ2) is 6.31. The molecule has 0 amide bonds. The second-order valence-electron chi connectivity index (χ2n) is 6.00. The quantitative estimate of drug-likeness (QED) is 0.928. The molecule has 110 valence electrons. The van der Waals surface area contributed by atoms with E-state index < -0.39 is 0 Å². The van der Waals surface area contributed by atoms with Gasteiger partial charge in [0.05, 0.1) is 0 Å². The number of anilines is 1. The maximum atomic E-state index is 5.61. The van der Waals surface area contributed by atoms with Crippen molar-refractivity contribution in [2.75, 3.05) is 11.4 Å². The highest BCUT2D eigenvalue weighted by atomic mass is 15.2. The van der Waals surface area contributed by atoms with Crippen LogP contribution < -0.4 is 10.6 Å². The van der Waals surface area contributed by atoms with Crippen molar-refractivity contribution in [2.24, 2.45) is 5.73 Å². The molecular weight excluding hydrogens is 256 g/mol. The zero-order valence-electron chi connectivity index (χ0n) is 12.8. The number of fused-ring (bicyclic) bond motifs is 1. The van der Waals surface area contributed by atoms with Crippen LogP contribution in [0, 0.1) is 0 Å². The van der Waals surface area contributed by atoms with Gasteiger partial charge in [-0.2, -0.15) is 0 Å². The molecule has 0 aliphatic carbocycles. The molecule has 1 aliphatic heterocycles. The van der Waals surface area contributed by atoms with Gasteiger partial charge in [-0.3, -0.25) is 0 Å². The number of hydrogen-bond donors (Lipinski definition) is 1. The molecule has 2 heteroatoms. The highest BCUT2D eigenvalue weighted by Gasteiger charge is 2.22. The molecule has 2 aromatic carbocycles. The van der Waals surface area contributed by atoms with Crippen molar-refractivity contribution in [3.05, 3.63) is 65.2 Å². The van der Waals surface area contributed by atoms with Crippen LogP contribution in [0.4, 0.5) is 5.69 Å². The fourth-order valence-electron chi connectivity index (χ4n) is 3.18. The standard InChI is InChI=1S/C19H24N2/c1-15-6-11-18-4-2-3-5-19(18)21(15)14-17-9-7-16(8-10-17)12-13-20/h2-5,7-10,15H,6,11-14,20H2,1H3. The van der Waals surface area contributed by atoms with Crippen molar-refractivity contribution >= 4 is 5.69 Å². The minimum absolute atomic E-state index is 0.601. The summed E-state index contributed by atoms with van der Waals surface area (Å²) in [6, 6.07) is 18.3. The van der Waals surface area contributed by atoms with Gasteiger partial charge < -0.3 is 10.6 Å². The molecule has 21 heavy (non-hydrogen) atoms. The van der Waals surface area contributed by atoms with Gasteiger partial charge in [0, 0.05) is 18.3 Å². The zero-order chi connectivity index (χ0) is 14.7. The molecule has 2 aromatic rings. The Hall–Kier alpha value is -1.80. The predicted molar refractivity (Wildman–Crippen MR) is 89.6 cm³/mol. The molecule has 0 fully saturated rings. The van der Waals surface area contributed by atoms with Crippen LogP contribution in [0.1, 0.15) is 30.0 Å². The fraction of sp³-hybridized carbons (Fsp3) is 0.368. The van der Waals surface area contributed by atoms with Crippen LogP contribution in [-0.4, -0.2) is 12.6 Å². The first-order chi connectivity index (χ1) is 10.3. The van der Waals surface area contributed by atoms with E-state index in [1.54, 1.807) is 0 Å². The van der Waals surface area contributed by atoms with Crippen LogP contribution in [0.15, 0.2) is 48.5 Å². The molecule has 0 spiro atoms. The maximum Gasteiger partial charge on any atom is 0.0432 e. The first kappa shape index (κ1) is 14.2. The second-order valence-corrected chi connectivity index (χ2v) is 6.00. The van der Waals surface area contributed by atoms with Crippen molar-refractivity contribution in [3.8, 4) is 0 Å². The molecule has 1 aliphatic rings. The lowest BCUT2D eigenvalue weighted by molar-refractivity contribution is 0.560. The average Bonchev–Trinajstić information content (AvgIpc) is 2.52. The summed E-state index contributed by atoms with van der Waals surface area (Å²) in [5, 5.41) is 0. The molecular formula is C19H24N2. The lowest BCUT2D eigenvalue weighted by atomic mass is 9.96. The molecule has 2 nitrogen and oxygen atoms in total. The number of rotatable bonds is 4. The highest BCUT2D eigenvalue weighted by molar-refractivity contribution is 5.56. The molecule has 1 heterocycles. The Morgan fingerprint density at radius 1 is 1.05 bits per heavy atom. The van der Waals surface area contributed by atoms with Crippen molar-refractivity contribution < 1.29 is 0 Å². The van der Waals surface area contributed by atoms with E-state index in [1.165, 1.54) is 35.2 Å². The third kappa shape index (κ3) is 3.11. The van der Waals surface area contributed by atoms with Gasteiger partial charge in [-0.05, 0) is 55.5 Å². The summed E-state index contributed by atoms with van der Waals surface area (Å²) in [5.74, 6) is 0. The summed E-state index contributed by atoms with van der Waals surface area (Å²) >= 11 is 0. The van der Waals surface area contributed by atoms with E-state index in [2.05, 4.69) is 60.4 Å². The monoisotopic (exact) mass is 280 g/mol. The molecule has 0 aromatic heterocycles. The van der Waals surface area contributed by atoms with Crippen molar-refractivity contribution in [1.29, 1.82) is 0 Å². The van der Waals surface area contributed by atoms with E-state index in [1.807, 2.05) is 0 Å². The minimum atomic E-state index is 0.601. The van der Waals surface area contributed by atoms with Crippen LogP contribution in [0.3, 0.4) is 0 Å². The maximum absolute atomic E-state index is 5.61. The Bertz CT molecular complexity index is 589. The lowest BCUT2D eigenvalue weighted by Gasteiger charge is -2.37. The molecule has 0 radical (unpaired) electrons. The van der Waals surface area contributed by atoms with Crippen molar-refractivity contribution in [1.82, 2.24) is 0 Å². The van der Waals surface area contributed by atoms with Crippen LogP contribution in [0.2, 0.25) is 0 Å². The summed E-state index contributed by atoms with van der Waals surface area (Å²) < 4.78 is 0. The van der Waals surface area contributed by atoms with E-state index in [-0.39, 0.29) is 0 Å². The van der Waals surface area contributed by atoms with Gasteiger partial charge in [0.2, 0.25) is 0 Å². The van der Waals surface area contributed by atoms with Crippen LogP contribution in [0.5, 0.6) is 0 Å². The average molecular weight is 280 g/mol. The third-order valence-corrected chi connectivity index (χ3v) is 4.47. The van der Waals surface area contributed by atoms with Gasteiger partial charge in [-0.15, -0.1) is 0 Å². The third-order valence-electron chi connectivity index (χ3n) is 4.47. The largest absolute Gasteiger partial charge is 0.364 e. The number of benzene rings is 2. The fourth-order valence-corrected chi connectivity index (χ4v) is 3.18. The number of para-hydroxylation sites is 1. The summed E-state index contributed by atoms with van der Waals surface area (Å²) in [5.41, 5.74) is 11.2. The van der Waals surface area contributed by atoms with Crippen LogP contribution in [-0.2, 0) is 19.4 Å². The molecule has 0 bridgehead atoms.